The Balaban J connectivity index is 1.64. The fourth-order valence-corrected chi connectivity index (χ4v) is 10.5. The second-order valence-electron chi connectivity index (χ2n) is 10.5. The van der Waals surface area contributed by atoms with Crippen molar-refractivity contribution >= 4 is 18.9 Å². The van der Waals surface area contributed by atoms with Crippen molar-refractivity contribution in [3.05, 3.63) is 132 Å². The lowest BCUT2D eigenvalue weighted by Crippen LogP contribution is -2.65. The van der Waals surface area contributed by atoms with E-state index in [1.165, 1.54) is 66.0 Å². The number of fused-ring (bicyclic) bond motifs is 2. The third-order valence-electron chi connectivity index (χ3n) is 8.01. The molecule has 0 heterocycles. The molecular formula is C38H36O2Si. The Morgan fingerprint density at radius 1 is 0.439 bits per heavy atom. The van der Waals surface area contributed by atoms with Crippen LogP contribution in [0, 0.1) is 13.8 Å². The number of benzene rings is 2. The second kappa shape index (κ2) is 11.5. The first-order chi connectivity index (χ1) is 20.1. The lowest BCUT2D eigenvalue weighted by atomic mass is 10.0. The van der Waals surface area contributed by atoms with E-state index in [-0.39, 0.29) is 0 Å². The van der Waals surface area contributed by atoms with Gasteiger partial charge in [-0.1, -0.05) is 121 Å². The highest BCUT2D eigenvalue weighted by Crippen LogP contribution is 2.39. The molecule has 2 aromatic rings. The SMILES string of the molecule is CCO[Si](OCC)(c1c(C)cc2c(-c3ccccc3)ccccc1-2)c1c(C)cc2c(-c3ccccc3)ccccc1-2. The molecule has 2 aromatic carbocycles. The summed E-state index contributed by atoms with van der Waals surface area (Å²) in [6, 6.07) is 43.5. The van der Waals surface area contributed by atoms with Crippen LogP contribution in [0.3, 0.4) is 0 Å². The Morgan fingerprint density at radius 3 is 1.15 bits per heavy atom. The van der Waals surface area contributed by atoms with Crippen molar-refractivity contribution in [3.63, 3.8) is 0 Å². The minimum absolute atomic E-state index is 0.569. The number of hydrogen-bond acceptors (Lipinski definition) is 2. The van der Waals surface area contributed by atoms with E-state index in [1.807, 2.05) is 0 Å². The van der Waals surface area contributed by atoms with E-state index < -0.39 is 8.56 Å². The highest BCUT2D eigenvalue weighted by atomic mass is 28.4. The van der Waals surface area contributed by atoms with Crippen LogP contribution in [0.5, 0.6) is 0 Å². The van der Waals surface area contributed by atoms with Crippen LogP contribution in [0.2, 0.25) is 0 Å². The standard InChI is InChI=1S/C38H36O2Si/c1-5-39-41(40-6-2,37-27(3)25-35-31(21-13-15-23-33(35)37)29-17-9-7-10-18-29)38-28(4)26-36-32(22-14-16-24-34(36)38)30-19-11-8-12-20-30/h7-26H,5-6H2,1-4H3. The summed E-state index contributed by atoms with van der Waals surface area (Å²) in [5.41, 5.74) is 12.2. The molecule has 0 aromatic heterocycles. The fraction of sp³-hybridized carbons (Fsp3) is 0.158. The molecule has 2 nitrogen and oxygen atoms in total. The first kappa shape index (κ1) is 27.2. The molecule has 0 saturated carbocycles. The molecule has 0 amide bonds. The first-order valence-electron chi connectivity index (χ1n) is 14.5. The molecule has 204 valence electrons. The molecule has 0 radical (unpaired) electrons. The van der Waals surface area contributed by atoms with E-state index in [2.05, 4.69) is 149 Å². The molecule has 0 bridgehead atoms. The minimum atomic E-state index is -3.18. The summed E-state index contributed by atoms with van der Waals surface area (Å²) in [7, 11) is -3.18. The van der Waals surface area contributed by atoms with Crippen molar-refractivity contribution in [2.75, 3.05) is 13.2 Å². The summed E-state index contributed by atoms with van der Waals surface area (Å²) in [6.07, 6.45) is 0. The van der Waals surface area contributed by atoms with Gasteiger partial charge in [0.15, 0.2) is 0 Å². The lowest BCUT2D eigenvalue weighted by molar-refractivity contribution is 0.208. The molecule has 0 atom stereocenters. The fourth-order valence-electron chi connectivity index (χ4n) is 6.48. The van der Waals surface area contributed by atoms with Gasteiger partial charge in [-0.15, -0.1) is 0 Å². The molecule has 4 aliphatic carbocycles. The van der Waals surface area contributed by atoms with Crippen LogP contribution in [-0.4, -0.2) is 21.8 Å². The quantitative estimate of drug-likeness (QED) is 0.176. The molecule has 0 saturated heterocycles. The van der Waals surface area contributed by atoms with Gasteiger partial charge >= 0.3 is 8.56 Å². The Hall–Kier alpha value is -4.02. The molecule has 4 aliphatic rings. The van der Waals surface area contributed by atoms with Crippen LogP contribution in [0.15, 0.2) is 121 Å². The summed E-state index contributed by atoms with van der Waals surface area (Å²) in [5, 5.41) is 2.43. The van der Waals surface area contributed by atoms with E-state index in [0.717, 1.165) is 0 Å². The van der Waals surface area contributed by atoms with Gasteiger partial charge in [-0.2, -0.15) is 0 Å². The largest absolute Gasteiger partial charge is 0.408 e. The van der Waals surface area contributed by atoms with E-state index in [1.54, 1.807) is 0 Å². The maximum Gasteiger partial charge on any atom is 0.408 e. The van der Waals surface area contributed by atoms with Gasteiger partial charge < -0.3 is 8.85 Å². The monoisotopic (exact) mass is 552 g/mol. The van der Waals surface area contributed by atoms with Crippen molar-refractivity contribution in [1.82, 2.24) is 0 Å². The average molecular weight is 553 g/mol. The van der Waals surface area contributed by atoms with Crippen LogP contribution < -0.4 is 10.4 Å². The molecule has 3 heteroatoms. The summed E-state index contributed by atoms with van der Waals surface area (Å²) >= 11 is 0. The van der Waals surface area contributed by atoms with Gasteiger partial charge in [0.25, 0.3) is 0 Å². The van der Waals surface area contributed by atoms with Crippen molar-refractivity contribution in [2.45, 2.75) is 27.7 Å². The van der Waals surface area contributed by atoms with Gasteiger partial charge in [0.2, 0.25) is 0 Å². The van der Waals surface area contributed by atoms with E-state index in [9.17, 15) is 0 Å². The van der Waals surface area contributed by atoms with E-state index in [0.29, 0.717) is 13.2 Å². The summed E-state index contributed by atoms with van der Waals surface area (Å²) in [5.74, 6) is 0. The van der Waals surface area contributed by atoms with Gasteiger partial charge in [0.1, 0.15) is 0 Å². The van der Waals surface area contributed by atoms with Gasteiger partial charge in [-0.05, 0) is 83.3 Å². The highest BCUT2D eigenvalue weighted by Gasteiger charge is 2.49. The highest BCUT2D eigenvalue weighted by molar-refractivity contribution is 6.95. The van der Waals surface area contributed by atoms with E-state index >= 15 is 0 Å². The maximum atomic E-state index is 7.01. The molecule has 0 aliphatic heterocycles. The second-order valence-corrected chi connectivity index (χ2v) is 13.3. The van der Waals surface area contributed by atoms with Crippen LogP contribution in [0.4, 0.5) is 0 Å². The molecule has 6 rings (SSSR count). The zero-order valence-electron chi connectivity index (χ0n) is 24.3. The number of rotatable bonds is 8. The predicted octanol–water partition coefficient (Wildman–Crippen LogP) is 8.48. The van der Waals surface area contributed by atoms with Crippen molar-refractivity contribution in [2.24, 2.45) is 0 Å². The summed E-state index contributed by atoms with van der Waals surface area (Å²) in [6.45, 7) is 9.76. The lowest BCUT2D eigenvalue weighted by Gasteiger charge is -2.33. The first-order valence-corrected chi connectivity index (χ1v) is 16.3. The van der Waals surface area contributed by atoms with Gasteiger partial charge in [-0.25, -0.2) is 0 Å². The molecule has 0 unspecified atom stereocenters. The van der Waals surface area contributed by atoms with Crippen molar-refractivity contribution in [3.8, 4) is 44.5 Å². The van der Waals surface area contributed by atoms with Crippen LogP contribution in [0.1, 0.15) is 25.0 Å². The third kappa shape index (κ3) is 4.70. The Morgan fingerprint density at radius 2 is 0.780 bits per heavy atom. The number of aryl methyl sites for hydroxylation is 2. The van der Waals surface area contributed by atoms with Crippen molar-refractivity contribution in [1.29, 1.82) is 0 Å². The number of hydrogen-bond donors (Lipinski definition) is 0. The van der Waals surface area contributed by atoms with Crippen LogP contribution in [0.25, 0.3) is 44.5 Å². The smallest absolute Gasteiger partial charge is 0.388 e. The molecule has 0 spiro atoms. The Bertz CT molecular complexity index is 1600. The normalized spacial score (nSPS) is 11.8. The Labute approximate surface area is 245 Å². The molecule has 41 heavy (non-hydrogen) atoms. The maximum absolute atomic E-state index is 7.01. The van der Waals surface area contributed by atoms with Gasteiger partial charge in [0.05, 0.1) is 0 Å². The van der Waals surface area contributed by atoms with Gasteiger partial charge in [-0.3, -0.25) is 0 Å². The molecule has 0 N–H and O–H groups in total. The predicted molar refractivity (Wildman–Crippen MR) is 175 cm³/mol. The Kier molecular flexibility index (Phi) is 7.59. The average Bonchev–Trinajstić information content (AvgIpc) is 3.30. The zero-order chi connectivity index (χ0) is 28.4. The van der Waals surface area contributed by atoms with Crippen LogP contribution in [-0.2, 0) is 8.85 Å². The summed E-state index contributed by atoms with van der Waals surface area (Å²) in [4.78, 5) is 0. The topological polar surface area (TPSA) is 18.5 Å². The molecule has 0 fully saturated rings. The third-order valence-corrected chi connectivity index (χ3v) is 12.0. The van der Waals surface area contributed by atoms with Crippen LogP contribution >= 0.6 is 0 Å². The van der Waals surface area contributed by atoms with Gasteiger partial charge in [0, 0.05) is 23.6 Å². The summed E-state index contributed by atoms with van der Waals surface area (Å²) < 4.78 is 14.0. The molecular weight excluding hydrogens is 517 g/mol. The van der Waals surface area contributed by atoms with E-state index in [4.69, 9.17) is 8.85 Å². The van der Waals surface area contributed by atoms with Crippen molar-refractivity contribution < 1.29 is 8.85 Å². The zero-order valence-corrected chi connectivity index (χ0v) is 25.3. The minimum Gasteiger partial charge on any atom is -0.388 e.